The van der Waals surface area contributed by atoms with Crippen LogP contribution in [0.5, 0.6) is 5.75 Å². The van der Waals surface area contributed by atoms with Gasteiger partial charge in [-0.25, -0.2) is 0 Å². The molecule has 0 aliphatic carbocycles. The number of rotatable bonds is 9. The fourth-order valence-electron chi connectivity index (χ4n) is 2.51. The maximum absolute atomic E-state index is 12.2. The predicted molar refractivity (Wildman–Crippen MR) is 115 cm³/mol. The summed E-state index contributed by atoms with van der Waals surface area (Å²) < 4.78 is 11.1. The van der Waals surface area contributed by atoms with Gasteiger partial charge in [-0.05, 0) is 42.2 Å². The average molecular weight is 432 g/mol. The zero-order chi connectivity index (χ0) is 20.6. The van der Waals surface area contributed by atoms with Crippen LogP contribution in [0.4, 0.5) is 5.69 Å². The van der Waals surface area contributed by atoms with Crippen LogP contribution in [0.2, 0.25) is 5.02 Å². The fraction of sp³-hybridized carbons (Fsp3) is 0.286. The third-order valence-corrected chi connectivity index (χ3v) is 5.47. The fourth-order valence-corrected chi connectivity index (χ4v) is 3.28. The van der Waals surface area contributed by atoms with E-state index in [9.17, 15) is 4.79 Å². The Hall–Kier alpha value is -2.51. The van der Waals surface area contributed by atoms with Crippen molar-refractivity contribution in [1.82, 2.24) is 10.2 Å². The second kappa shape index (κ2) is 10.3. The van der Waals surface area contributed by atoms with Crippen molar-refractivity contribution in [3.05, 3.63) is 65.0 Å². The molecule has 0 spiro atoms. The molecule has 0 saturated carbocycles. The number of anilines is 1. The van der Waals surface area contributed by atoms with Crippen molar-refractivity contribution in [1.29, 1.82) is 0 Å². The summed E-state index contributed by atoms with van der Waals surface area (Å²) in [5.41, 5.74) is 2.03. The van der Waals surface area contributed by atoms with Crippen LogP contribution in [0.25, 0.3) is 0 Å². The summed E-state index contributed by atoms with van der Waals surface area (Å²) in [5, 5.41) is 11.5. The molecule has 1 unspecified atom stereocenters. The molecule has 8 heteroatoms. The summed E-state index contributed by atoms with van der Waals surface area (Å²) in [6.45, 7) is 4.44. The molecule has 29 heavy (non-hydrogen) atoms. The van der Waals surface area contributed by atoms with E-state index in [-0.39, 0.29) is 18.3 Å². The van der Waals surface area contributed by atoms with Gasteiger partial charge in [0.25, 0.3) is 11.1 Å². The standard InChI is InChI=1S/C21H22ClN3O3S/c1-3-14(2)15-8-10-16(11-9-15)23-19(26)13-29-21-25-24-20(28-21)12-27-18-7-5-4-6-17(18)22/h4-11,14H,3,12-13H2,1-2H3,(H,23,26). The van der Waals surface area contributed by atoms with Gasteiger partial charge in [0.2, 0.25) is 5.91 Å². The molecule has 0 radical (unpaired) electrons. The van der Waals surface area contributed by atoms with Crippen LogP contribution >= 0.6 is 23.4 Å². The van der Waals surface area contributed by atoms with Crippen LogP contribution in [0.1, 0.15) is 37.6 Å². The number of hydrogen-bond acceptors (Lipinski definition) is 6. The summed E-state index contributed by atoms with van der Waals surface area (Å²) in [7, 11) is 0. The van der Waals surface area contributed by atoms with Crippen LogP contribution in [0, 0.1) is 0 Å². The Morgan fingerprint density at radius 3 is 2.69 bits per heavy atom. The normalized spacial score (nSPS) is 11.8. The quantitative estimate of drug-likeness (QED) is 0.448. The van der Waals surface area contributed by atoms with Crippen molar-refractivity contribution in [3.63, 3.8) is 0 Å². The van der Waals surface area contributed by atoms with Gasteiger partial charge in [-0.15, -0.1) is 10.2 Å². The minimum Gasteiger partial charge on any atom is -0.482 e. The highest BCUT2D eigenvalue weighted by atomic mass is 35.5. The summed E-state index contributed by atoms with van der Waals surface area (Å²) in [6, 6.07) is 15.1. The van der Waals surface area contributed by atoms with Gasteiger partial charge in [0, 0.05) is 5.69 Å². The first-order chi connectivity index (χ1) is 14.0. The number of nitrogens with one attached hydrogen (secondary N) is 1. The third-order valence-electron chi connectivity index (χ3n) is 4.34. The number of hydrogen-bond donors (Lipinski definition) is 1. The topological polar surface area (TPSA) is 77.2 Å². The van der Waals surface area contributed by atoms with Gasteiger partial charge in [0.05, 0.1) is 10.8 Å². The van der Waals surface area contributed by atoms with Crippen molar-refractivity contribution in [2.24, 2.45) is 0 Å². The van der Waals surface area contributed by atoms with Crippen molar-refractivity contribution in [2.45, 2.75) is 38.0 Å². The molecule has 152 valence electrons. The number of carbonyl (C=O) groups is 1. The summed E-state index contributed by atoms with van der Waals surface area (Å²) in [5.74, 6) is 1.39. The van der Waals surface area contributed by atoms with E-state index < -0.39 is 0 Å². The van der Waals surface area contributed by atoms with Crippen LogP contribution < -0.4 is 10.1 Å². The number of thioether (sulfide) groups is 1. The van der Waals surface area contributed by atoms with Gasteiger partial charge in [-0.2, -0.15) is 0 Å². The molecule has 6 nitrogen and oxygen atoms in total. The van der Waals surface area contributed by atoms with Crippen LogP contribution in [-0.4, -0.2) is 21.9 Å². The molecule has 0 bridgehead atoms. The SMILES string of the molecule is CCC(C)c1ccc(NC(=O)CSc2nnc(COc3ccccc3Cl)o2)cc1. The van der Waals surface area contributed by atoms with E-state index in [1.165, 1.54) is 17.3 Å². The van der Waals surface area contributed by atoms with Gasteiger partial charge in [0.1, 0.15) is 5.75 Å². The number of benzene rings is 2. The monoisotopic (exact) mass is 431 g/mol. The molecule has 3 aromatic rings. The van der Waals surface area contributed by atoms with Crippen molar-refractivity contribution >= 4 is 35.0 Å². The largest absolute Gasteiger partial charge is 0.482 e. The molecular weight excluding hydrogens is 410 g/mol. The van der Waals surface area contributed by atoms with Gasteiger partial charge in [-0.3, -0.25) is 4.79 Å². The number of amides is 1. The van der Waals surface area contributed by atoms with E-state index in [1.54, 1.807) is 12.1 Å². The number of para-hydroxylation sites is 1. The van der Waals surface area contributed by atoms with E-state index >= 15 is 0 Å². The highest BCUT2D eigenvalue weighted by Crippen LogP contribution is 2.25. The molecule has 0 saturated heterocycles. The number of aromatic nitrogens is 2. The first-order valence-corrected chi connectivity index (χ1v) is 10.6. The zero-order valence-electron chi connectivity index (χ0n) is 16.2. The lowest BCUT2D eigenvalue weighted by Gasteiger charge is -2.10. The Bertz CT molecular complexity index is 946. The predicted octanol–water partition coefficient (Wildman–Crippen LogP) is 5.55. The Morgan fingerprint density at radius 2 is 1.97 bits per heavy atom. The minimum atomic E-state index is -0.140. The van der Waals surface area contributed by atoms with Crippen molar-refractivity contribution in [2.75, 3.05) is 11.1 Å². The molecule has 1 atom stereocenters. The summed E-state index contributed by atoms with van der Waals surface area (Å²) in [4.78, 5) is 12.2. The molecule has 0 aliphatic heterocycles. The zero-order valence-corrected chi connectivity index (χ0v) is 17.8. The summed E-state index contributed by atoms with van der Waals surface area (Å²) in [6.07, 6.45) is 1.08. The third kappa shape index (κ3) is 6.24. The minimum absolute atomic E-state index is 0.103. The lowest BCUT2D eigenvalue weighted by atomic mass is 9.99. The van der Waals surface area contributed by atoms with Gasteiger partial charge in [-0.1, -0.05) is 61.5 Å². The highest BCUT2D eigenvalue weighted by molar-refractivity contribution is 7.99. The van der Waals surface area contributed by atoms with Crippen LogP contribution in [0.15, 0.2) is 58.2 Å². The molecule has 1 aromatic heterocycles. The van der Waals surface area contributed by atoms with E-state index in [0.29, 0.717) is 27.8 Å². The van der Waals surface area contributed by atoms with E-state index in [4.69, 9.17) is 20.8 Å². The molecule has 2 aromatic carbocycles. The number of halogens is 1. The first-order valence-electron chi connectivity index (χ1n) is 9.27. The van der Waals surface area contributed by atoms with E-state index in [2.05, 4.69) is 29.4 Å². The van der Waals surface area contributed by atoms with Crippen LogP contribution in [-0.2, 0) is 11.4 Å². The molecular formula is C21H22ClN3O3S. The number of carbonyl (C=O) groups excluding carboxylic acids is 1. The lowest BCUT2D eigenvalue weighted by Crippen LogP contribution is -2.14. The first kappa shape index (κ1) is 21.2. The maximum Gasteiger partial charge on any atom is 0.277 e. The van der Waals surface area contributed by atoms with E-state index in [1.807, 2.05) is 36.4 Å². The van der Waals surface area contributed by atoms with Gasteiger partial charge < -0.3 is 14.5 Å². The van der Waals surface area contributed by atoms with Crippen LogP contribution in [0.3, 0.4) is 0 Å². The second-order valence-corrected chi connectivity index (χ2v) is 7.78. The van der Waals surface area contributed by atoms with E-state index in [0.717, 1.165) is 12.1 Å². The molecule has 1 N–H and O–H groups in total. The maximum atomic E-state index is 12.2. The molecule has 1 amide bonds. The Balaban J connectivity index is 1.45. The average Bonchev–Trinajstić information content (AvgIpc) is 3.19. The number of nitrogens with zero attached hydrogens (tertiary/aromatic N) is 2. The molecule has 3 rings (SSSR count). The number of ether oxygens (including phenoxy) is 1. The van der Waals surface area contributed by atoms with Crippen molar-refractivity contribution < 1.29 is 13.9 Å². The summed E-state index contributed by atoms with van der Waals surface area (Å²) >= 11 is 7.21. The second-order valence-electron chi connectivity index (χ2n) is 6.45. The highest BCUT2D eigenvalue weighted by Gasteiger charge is 2.11. The van der Waals surface area contributed by atoms with Gasteiger partial charge in [0.15, 0.2) is 6.61 Å². The Labute approximate surface area is 179 Å². The smallest absolute Gasteiger partial charge is 0.277 e. The molecule has 0 aliphatic rings. The Morgan fingerprint density at radius 1 is 1.21 bits per heavy atom. The Kier molecular flexibility index (Phi) is 7.55. The van der Waals surface area contributed by atoms with Gasteiger partial charge >= 0.3 is 0 Å². The molecule has 0 fully saturated rings. The lowest BCUT2D eigenvalue weighted by molar-refractivity contribution is -0.113. The molecule has 1 heterocycles. The van der Waals surface area contributed by atoms with Crippen molar-refractivity contribution in [3.8, 4) is 5.75 Å².